The number of nitrogens with zero attached hydrogens (tertiary/aromatic N) is 4. The van der Waals surface area contributed by atoms with E-state index < -0.39 is 4.92 Å². The van der Waals surface area contributed by atoms with Gasteiger partial charge in [0.25, 0.3) is 5.69 Å². The molecule has 2 atom stereocenters. The summed E-state index contributed by atoms with van der Waals surface area (Å²) in [5, 5.41) is 10.8. The van der Waals surface area contributed by atoms with Gasteiger partial charge in [-0.05, 0) is 26.0 Å². The second kappa shape index (κ2) is 6.29. The molecule has 7 nitrogen and oxygen atoms in total. The number of hydrogen-bond donors (Lipinski definition) is 0. The first-order valence-electron chi connectivity index (χ1n) is 7.51. The molecule has 3 rings (SSSR count). The Labute approximate surface area is 134 Å². The van der Waals surface area contributed by atoms with Gasteiger partial charge in [-0.2, -0.15) is 0 Å². The molecule has 1 saturated heterocycles. The van der Waals surface area contributed by atoms with Crippen LogP contribution >= 0.6 is 0 Å². The van der Waals surface area contributed by atoms with E-state index in [1.165, 1.54) is 12.1 Å². The van der Waals surface area contributed by atoms with Gasteiger partial charge in [0.2, 0.25) is 0 Å². The van der Waals surface area contributed by atoms with Crippen molar-refractivity contribution in [2.75, 3.05) is 18.0 Å². The Hall–Kier alpha value is -2.54. The fourth-order valence-corrected chi connectivity index (χ4v) is 2.86. The van der Waals surface area contributed by atoms with Crippen LogP contribution in [-0.2, 0) is 4.74 Å². The van der Waals surface area contributed by atoms with Crippen LogP contribution in [0.1, 0.15) is 13.8 Å². The van der Waals surface area contributed by atoms with Crippen LogP contribution in [0.3, 0.4) is 0 Å². The summed E-state index contributed by atoms with van der Waals surface area (Å²) >= 11 is 0. The van der Waals surface area contributed by atoms with Crippen molar-refractivity contribution >= 4 is 11.5 Å². The van der Waals surface area contributed by atoms with E-state index in [2.05, 4.69) is 14.9 Å². The first kappa shape index (κ1) is 15.4. The van der Waals surface area contributed by atoms with Crippen molar-refractivity contribution in [2.45, 2.75) is 26.1 Å². The van der Waals surface area contributed by atoms with Crippen molar-refractivity contribution in [1.29, 1.82) is 0 Å². The Kier molecular flexibility index (Phi) is 4.20. The second-order valence-corrected chi connectivity index (χ2v) is 5.69. The molecule has 1 aliphatic rings. The summed E-state index contributed by atoms with van der Waals surface area (Å²) in [7, 11) is 0. The molecule has 1 aromatic heterocycles. The van der Waals surface area contributed by atoms with Crippen LogP contribution in [0, 0.1) is 10.1 Å². The molecular formula is C16H18N4O3. The number of non-ortho nitro benzene ring substituents is 1. The van der Waals surface area contributed by atoms with E-state index in [9.17, 15) is 10.1 Å². The zero-order valence-corrected chi connectivity index (χ0v) is 13.0. The highest BCUT2D eigenvalue weighted by molar-refractivity contribution is 5.72. The van der Waals surface area contributed by atoms with Crippen LogP contribution in [0.15, 0.2) is 36.7 Å². The number of benzene rings is 1. The molecule has 0 unspecified atom stereocenters. The highest BCUT2D eigenvalue weighted by Crippen LogP contribution is 2.29. The summed E-state index contributed by atoms with van der Waals surface area (Å²) in [5.74, 6) is 0.781. The summed E-state index contributed by atoms with van der Waals surface area (Å²) < 4.78 is 5.76. The molecule has 23 heavy (non-hydrogen) atoms. The molecule has 7 heteroatoms. The molecule has 0 spiro atoms. The van der Waals surface area contributed by atoms with Gasteiger partial charge >= 0.3 is 0 Å². The lowest BCUT2D eigenvalue weighted by Gasteiger charge is -2.36. The van der Waals surface area contributed by atoms with Gasteiger partial charge in [-0.1, -0.05) is 0 Å². The molecule has 0 radical (unpaired) electrons. The summed E-state index contributed by atoms with van der Waals surface area (Å²) in [6.07, 6.45) is 3.53. The SMILES string of the molecule is C[C@@H]1CN(c2nccnc2-c2ccc([N+](=O)[O-])cc2)C[C@H](C)O1. The summed E-state index contributed by atoms with van der Waals surface area (Å²) in [6.45, 7) is 5.54. The van der Waals surface area contributed by atoms with Crippen LogP contribution in [-0.4, -0.2) is 40.2 Å². The average molecular weight is 314 g/mol. The predicted octanol–water partition coefficient (Wildman–Crippen LogP) is 2.67. The third-order valence-electron chi connectivity index (χ3n) is 3.75. The maximum absolute atomic E-state index is 10.8. The Bertz CT molecular complexity index is 695. The van der Waals surface area contributed by atoms with E-state index in [0.717, 1.165) is 30.2 Å². The number of rotatable bonds is 3. The van der Waals surface area contributed by atoms with Crippen molar-refractivity contribution in [3.05, 3.63) is 46.8 Å². The summed E-state index contributed by atoms with van der Waals surface area (Å²) in [5.41, 5.74) is 1.60. The van der Waals surface area contributed by atoms with Crippen LogP contribution in [0.4, 0.5) is 11.5 Å². The van der Waals surface area contributed by atoms with E-state index in [4.69, 9.17) is 4.74 Å². The maximum Gasteiger partial charge on any atom is 0.269 e. The lowest BCUT2D eigenvalue weighted by molar-refractivity contribution is -0.384. The molecule has 120 valence electrons. The zero-order valence-electron chi connectivity index (χ0n) is 13.0. The number of ether oxygens (including phenoxy) is 1. The van der Waals surface area contributed by atoms with Crippen LogP contribution < -0.4 is 4.90 Å². The minimum absolute atomic E-state index is 0.0628. The van der Waals surface area contributed by atoms with E-state index in [-0.39, 0.29) is 17.9 Å². The fourth-order valence-electron chi connectivity index (χ4n) is 2.86. The molecule has 1 aliphatic heterocycles. The van der Waals surface area contributed by atoms with Crippen molar-refractivity contribution in [3.63, 3.8) is 0 Å². The topological polar surface area (TPSA) is 81.4 Å². The van der Waals surface area contributed by atoms with Gasteiger partial charge in [-0.25, -0.2) is 4.98 Å². The van der Waals surface area contributed by atoms with Gasteiger partial charge in [0.1, 0.15) is 5.69 Å². The van der Waals surface area contributed by atoms with Gasteiger partial charge in [-0.15, -0.1) is 0 Å². The fraction of sp³-hybridized carbons (Fsp3) is 0.375. The highest BCUT2D eigenvalue weighted by Gasteiger charge is 2.25. The molecule has 0 bridgehead atoms. The van der Waals surface area contributed by atoms with Gasteiger partial charge in [0.05, 0.1) is 17.1 Å². The maximum atomic E-state index is 10.8. The molecule has 2 aromatic rings. The number of anilines is 1. The summed E-state index contributed by atoms with van der Waals surface area (Å²) in [6, 6.07) is 6.38. The van der Waals surface area contributed by atoms with Gasteiger partial charge in [0.15, 0.2) is 5.82 Å². The van der Waals surface area contributed by atoms with E-state index >= 15 is 0 Å². The molecule has 0 N–H and O–H groups in total. The number of nitro groups is 1. The number of aromatic nitrogens is 2. The van der Waals surface area contributed by atoms with Crippen molar-refractivity contribution in [3.8, 4) is 11.3 Å². The zero-order chi connectivity index (χ0) is 16.4. The molecule has 0 aliphatic carbocycles. The Balaban J connectivity index is 1.96. The first-order valence-corrected chi connectivity index (χ1v) is 7.51. The van der Waals surface area contributed by atoms with E-state index in [1.807, 2.05) is 13.8 Å². The number of morpholine rings is 1. The largest absolute Gasteiger partial charge is 0.372 e. The van der Waals surface area contributed by atoms with Crippen molar-refractivity contribution in [1.82, 2.24) is 9.97 Å². The first-order chi connectivity index (χ1) is 11.0. The quantitative estimate of drug-likeness (QED) is 0.640. The highest BCUT2D eigenvalue weighted by atomic mass is 16.6. The third-order valence-corrected chi connectivity index (χ3v) is 3.75. The molecule has 0 saturated carbocycles. The minimum atomic E-state index is -0.410. The van der Waals surface area contributed by atoms with Crippen LogP contribution in [0.25, 0.3) is 11.3 Å². The second-order valence-electron chi connectivity index (χ2n) is 5.69. The molecule has 2 heterocycles. The molecule has 0 amide bonds. The van der Waals surface area contributed by atoms with Gasteiger partial charge in [-0.3, -0.25) is 15.1 Å². The van der Waals surface area contributed by atoms with Gasteiger partial charge in [0, 0.05) is 43.2 Å². The number of nitro benzene ring substituents is 1. The lowest BCUT2D eigenvalue weighted by Crippen LogP contribution is -2.46. The van der Waals surface area contributed by atoms with E-state index in [1.54, 1.807) is 24.5 Å². The predicted molar refractivity (Wildman–Crippen MR) is 86.3 cm³/mol. The Morgan fingerprint density at radius 3 is 2.35 bits per heavy atom. The van der Waals surface area contributed by atoms with Crippen molar-refractivity contribution < 1.29 is 9.66 Å². The summed E-state index contributed by atoms with van der Waals surface area (Å²) in [4.78, 5) is 21.4. The minimum Gasteiger partial charge on any atom is -0.372 e. The average Bonchev–Trinajstić information content (AvgIpc) is 2.54. The third kappa shape index (κ3) is 3.29. The monoisotopic (exact) mass is 314 g/mol. The Morgan fingerprint density at radius 2 is 1.74 bits per heavy atom. The smallest absolute Gasteiger partial charge is 0.269 e. The van der Waals surface area contributed by atoms with Crippen LogP contribution in [0.2, 0.25) is 0 Å². The normalized spacial score (nSPS) is 21.2. The number of hydrogen-bond acceptors (Lipinski definition) is 6. The molecule has 1 fully saturated rings. The molecule has 1 aromatic carbocycles. The molecular weight excluding hydrogens is 296 g/mol. The van der Waals surface area contributed by atoms with Crippen LogP contribution in [0.5, 0.6) is 0 Å². The standard InChI is InChI=1S/C16H18N4O3/c1-11-9-19(10-12(2)23-11)16-15(17-7-8-18-16)13-3-5-14(6-4-13)20(21)22/h3-8,11-12H,9-10H2,1-2H3/t11-,12+. The van der Waals surface area contributed by atoms with Crippen molar-refractivity contribution in [2.24, 2.45) is 0 Å². The lowest BCUT2D eigenvalue weighted by atomic mass is 10.1. The Morgan fingerprint density at radius 1 is 1.13 bits per heavy atom. The van der Waals surface area contributed by atoms with E-state index in [0.29, 0.717) is 0 Å². The van der Waals surface area contributed by atoms with Gasteiger partial charge < -0.3 is 9.64 Å².